The number of hydrogen-bond donors (Lipinski definition) is 2. The summed E-state index contributed by atoms with van der Waals surface area (Å²) >= 11 is 0. The Morgan fingerprint density at radius 1 is 1.48 bits per heavy atom. The van der Waals surface area contributed by atoms with Crippen LogP contribution in [-0.2, 0) is 6.54 Å². The van der Waals surface area contributed by atoms with Crippen LogP contribution in [0, 0.1) is 12.3 Å². The van der Waals surface area contributed by atoms with E-state index in [2.05, 4.69) is 24.3 Å². The topological polar surface area (TPSA) is 72.9 Å². The zero-order valence-corrected chi connectivity index (χ0v) is 13.5. The predicted molar refractivity (Wildman–Crippen MR) is 84.1 cm³/mol. The fourth-order valence-corrected chi connectivity index (χ4v) is 2.94. The van der Waals surface area contributed by atoms with E-state index < -0.39 is 0 Å². The summed E-state index contributed by atoms with van der Waals surface area (Å²) in [4.78, 5) is 12.4. The Balaban J connectivity index is 1.93. The zero-order chi connectivity index (χ0) is 15.5. The first-order valence-corrected chi connectivity index (χ1v) is 7.96. The van der Waals surface area contributed by atoms with Gasteiger partial charge in [-0.2, -0.15) is 5.10 Å². The second-order valence-corrected chi connectivity index (χ2v) is 6.92. The van der Waals surface area contributed by atoms with Crippen molar-refractivity contribution >= 4 is 5.91 Å². The Bertz CT molecular complexity index is 482. The highest BCUT2D eigenvalue weighted by molar-refractivity contribution is 5.95. The average Bonchev–Trinajstić information content (AvgIpc) is 2.80. The Morgan fingerprint density at radius 3 is 2.76 bits per heavy atom. The fourth-order valence-electron chi connectivity index (χ4n) is 2.94. The monoisotopic (exact) mass is 292 g/mol. The second kappa shape index (κ2) is 6.60. The molecule has 0 spiro atoms. The van der Waals surface area contributed by atoms with E-state index in [9.17, 15) is 4.79 Å². The maximum Gasteiger partial charge on any atom is 0.254 e. The number of aromatic nitrogens is 2. The number of nitrogens with zero attached hydrogens (tertiary/aromatic N) is 2. The molecule has 1 aromatic rings. The van der Waals surface area contributed by atoms with Crippen LogP contribution in [0.2, 0.25) is 0 Å². The highest BCUT2D eigenvalue weighted by Crippen LogP contribution is 2.35. The lowest BCUT2D eigenvalue weighted by Gasteiger charge is -2.34. The van der Waals surface area contributed by atoms with Gasteiger partial charge < -0.3 is 11.1 Å². The van der Waals surface area contributed by atoms with Crippen LogP contribution < -0.4 is 11.1 Å². The molecule has 0 radical (unpaired) electrons. The SMILES string of the molecule is Cc1c(C(=O)NC2CCC(C)(C)CC2)cnn1CCCN. The molecule has 5 nitrogen and oxygen atoms in total. The summed E-state index contributed by atoms with van der Waals surface area (Å²) < 4.78 is 1.87. The molecule has 1 aliphatic rings. The molecule has 3 N–H and O–H groups in total. The van der Waals surface area contributed by atoms with Gasteiger partial charge in [0.15, 0.2) is 0 Å². The Kier molecular flexibility index (Phi) is 5.04. The summed E-state index contributed by atoms with van der Waals surface area (Å²) in [5.41, 5.74) is 7.56. The summed E-state index contributed by atoms with van der Waals surface area (Å²) in [5.74, 6) is 0.0104. The van der Waals surface area contributed by atoms with Gasteiger partial charge in [0, 0.05) is 18.3 Å². The minimum Gasteiger partial charge on any atom is -0.349 e. The third-order valence-corrected chi connectivity index (χ3v) is 4.60. The van der Waals surface area contributed by atoms with E-state index >= 15 is 0 Å². The molecular weight excluding hydrogens is 264 g/mol. The van der Waals surface area contributed by atoms with Crippen molar-refractivity contribution in [3.05, 3.63) is 17.5 Å². The molecule has 1 fully saturated rings. The van der Waals surface area contributed by atoms with E-state index in [4.69, 9.17) is 5.73 Å². The van der Waals surface area contributed by atoms with Gasteiger partial charge in [0.25, 0.3) is 5.91 Å². The molecular formula is C16H28N4O. The zero-order valence-electron chi connectivity index (χ0n) is 13.5. The number of hydrogen-bond acceptors (Lipinski definition) is 3. The molecule has 0 aromatic carbocycles. The fraction of sp³-hybridized carbons (Fsp3) is 0.750. The molecule has 2 rings (SSSR count). The minimum absolute atomic E-state index is 0.0104. The van der Waals surface area contributed by atoms with Crippen molar-refractivity contribution in [2.45, 2.75) is 65.5 Å². The first kappa shape index (κ1) is 16.0. The van der Waals surface area contributed by atoms with Crippen LogP contribution in [0.15, 0.2) is 6.20 Å². The molecule has 21 heavy (non-hydrogen) atoms. The van der Waals surface area contributed by atoms with E-state index in [1.54, 1.807) is 6.20 Å². The predicted octanol–water partition coefficient (Wildman–Crippen LogP) is 2.24. The highest BCUT2D eigenvalue weighted by Gasteiger charge is 2.28. The van der Waals surface area contributed by atoms with Crippen LogP contribution >= 0.6 is 0 Å². The summed E-state index contributed by atoms with van der Waals surface area (Å²) in [5, 5.41) is 7.46. The van der Waals surface area contributed by atoms with Gasteiger partial charge in [0.1, 0.15) is 0 Å². The molecule has 0 bridgehead atoms. The Hall–Kier alpha value is -1.36. The molecule has 0 aliphatic heterocycles. The van der Waals surface area contributed by atoms with Crippen molar-refractivity contribution in [1.82, 2.24) is 15.1 Å². The van der Waals surface area contributed by atoms with Crippen LogP contribution in [-0.4, -0.2) is 28.3 Å². The number of carbonyl (C=O) groups excluding carboxylic acids is 1. The lowest BCUT2D eigenvalue weighted by Crippen LogP contribution is -2.39. The van der Waals surface area contributed by atoms with Gasteiger partial charge in [0.05, 0.1) is 11.8 Å². The van der Waals surface area contributed by atoms with E-state index in [0.717, 1.165) is 31.5 Å². The van der Waals surface area contributed by atoms with Gasteiger partial charge in [0.2, 0.25) is 0 Å². The van der Waals surface area contributed by atoms with Crippen LogP contribution in [0.5, 0.6) is 0 Å². The van der Waals surface area contributed by atoms with Crippen LogP contribution in [0.1, 0.15) is 62.0 Å². The van der Waals surface area contributed by atoms with Gasteiger partial charge in [-0.1, -0.05) is 13.8 Å². The summed E-state index contributed by atoms with van der Waals surface area (Å²) in [6, 6.07) is 0.303. The van der Waals surface area contributed by atoms with E-state index in [1.165, 1.54) is 12.8 Å². The molecule has 1 amide bonds. The maximum atomic E-state index is 12.4. The van der Waals surface area contributed by atoms with Gasteiger partial charge in [-0.05, 0) is 51.0 Å². The Morgan fingerprint density at radius 2 is 2.14 bits per heavy atom. The lowest BCUT2D eigenvalue weighted by molar-refractivity contribution is 0.0908. The maximum absolute atomic E-state index is 12.4. The molecule has 5 heteroatoms. The molecule has 0 unspecified atom stereocenters. The summed E-state index contributed by atoms with van der Waals surface area (Å²) in [7, 11) is 0. The van der Waals surface area contributed by atoms with Gasteiger partial charge in [-0.3, -0.25) is 9.48 Å². The van der Waals surface area contributed by atoms with Gasteiger partial charge in [-0.25, -0.2) is 0 Å². The largest absolute Gasteiger partial charge is 0.349 e. The van der Waals surface area contributed by atoms with E-state index in [1.807, 2.05) is 11.6 Å². The van der Waals surface area contributed by atoms with Crippen molar-refractivity contribution in [2.75, 3.05) is 6.54 Å². The van der Waals surface area contributed by atoms with Crippen LogP contribution in [0.4, 0.5) is 0 Å². The molecule has 1 aliphatic carbocycles. The third kappa shape index (κ3) is 4.06. The quantitative estimate of drug-likeness (QED) is 0.874. The van der Waals surface area contributed by atoms with Gasteiger partial charge >= 0.3 is 0 Å². The third-order valence-electron chi connectivity index (χ3n) is 4.60. The number of carbonyl (C=O) groups is 1. The smallest absolute Gasteiger partial charge is 0.254 e. The second-order valence-electron chi connectivity index (χ2n) is 6.92. The average molecular weight is 292 g/mol. The molecule has 1 heterocycles. The normalized spacial score (nSPS) is 18.7. The highest BCUT2D eigenvalue weighted by atomic mass is 16.1. The number of nitrogens with two attached hydrogens (primary N) is 1. The van der Waals surface area contributed by atoms with Crippen LogP contribution in [0.25, 0.3) is 0 Å². The minimum atomic E-state index is 0.0104. The van der Waals surface area contributed by atoms with Crippen molar-refractivity contribution in [3.63, 3.8) is 0 Å². The van der Waals surface area contributed by atoms with Crippen molar-refractivity contribution in [1.29, 1.82) is 0 Å². The Labute approximate surface area is 127 Å². The van der Waals surface area contributed by atoms with Crippen molar-refractivity contribution in [2.24, 2.45) is 11.1 Å². The summed E-state index contributed by atoms with van der Waals surface area (Å²) in [6.07, 6.45) is 7.03. The van der Waals surface area contributed by atoms with E-state index in [0.29, 0.717) is 23.6 Å². The first-order chi connectivity index (χ1) is 9.93. The number of aryl methyl sites for hydroxylation is 1. The number of rotatable bonds is 5. The van der Waals surface area contributed by atoms with Crippen LogP contribution in [0.3, 0.4) is 0 Å². The molecule has 0 atom stereocenters. The first-order valence-electron chi connectivity index (χ1n) is 7.96. The summed E-state index contributed by atoms with van der Waals surface area (Å²) in [6.45, 7) is 7.96. The molecule has 1 aromatic heterocycles. The van der Waals surface area contributed by atoms with E-state index in [-0.39, 0.29) is 5.91 Å². The van der Waals surface area contributed by atoms with Crippen molar-refractivity contribution in [3.8, 4) is 0 Å². The van der Waals surface area contributed by atoms with Gasteiger partial charge in [-0.15, -0.1) is 0 Å². The number of amides is 1. The molecule has 118 valence electrons. The molecule has 0 saturated heterocycles. The lowest BCUT2D eigenvalue weighted by atomic mass is 9.75. The van der Waals surface area contributed by atoms with Crippen molar-refractivity contribution < 1.29 is 4.79 Å². The molecule has 1 saturated carbocycles. The number of nitrogens with one attached hydrogen (secondary N) is 1. The standard InChI is InChI=1S/C16H28N4O/c1-12-14(11-18-20(12)10-4-9-17)15(21)19-13-5-7-16(2,3)8-6-13/h11,13H,4-10,17H2,1-3H3,(H,19,21).